The second-order valence-corrected chi connectivity index (χ2v) is 11.3. The summed E-state index contributed by atoms with van der Waals surface area (Å²) in [5.41, 5.74) is 2.77. The van der Waals surface area contributed by atoms with Crippen molar-refractivity contribution >= 4 is 29.4 Å². The zero-order valence-corrected chi connectivity index (χ0v) is 31.2. The van der Waals surface area contributed by atoms with Gasteiger partial charge in [-0.25, -0.2) is 19.2 Å². The topological polar surface area (TPSA) is 98.7 Å². The van der Waals surface area contributed by atoms with Gasteiger partial charge < -0.3 is 30.1 Å². The lowest BCUT2D eigenvalue weighted by atomic mass is 10.1. The van der Waals surface area contributed by atoms with Crippen molar-refractivity contribution < 1.29 is 13.9 Å². The summed E-state index contributed by atoms with van der Waals surface area (Å²) in [6.45, 7) is 30.9. The number of halogens is 1. The van der Waals surface area contributed by atoms with Gasteiger partial charge in [0.25, 0.3) is 0 Å². The highest BCUT2D eigenvalue weighted by Crippen LogP contribution is 2.29. The molecule has 260 valence electrons. The molecule has 1 saturated heterocycles. The zero-order valence-electron chi connectivity index (χ0n) is 31.2. The lowest BCUT2D eigenvalue weighted by Crippen LogP contribution is -2.55. The van der Waals surface area contributed by atoms with Crippen LogP contribution in [0.2, 0.25) is 0 Å². The fraction of sp³-hybridized carbons (Fsp3) is 0.600. The van der Waals surface area contributed by atoms with Crippen LogP contribution in [-0.2, 0) is 11.2 Å². The molecule has 1 amide bonds. The molecular formula is C35H61FN8O2. The summed E-state index contributed by atoms with van der Waals surface area (Å²) in [6, 6.07) is 1.58. The Balaban J connectivity index is 0.00000318. The first kappa shape index (κ1) is 42.1. The molecule has 1 aliphatic heterocycles. The Hall–Kier alpha value is -3.89. The summed E-state index contributed by atoms with van der Waals surface area (Å²) in [4.78, 5) is 32.2. The number of hydrogen-bond acceptors (Lipinski definition) is 9. The van der Waals surface area contributed by atoms with Crippen molar-refractivity contribution in [2.75, 3.05) is 49.3 Å². The number of allylic oxidation sites excluding steroid dienone is 2. The van der Waals surface area contributed by atoms with Gasteiger partial charge in [-0.1, -0.05) is 55.0 Å². The van der Waals surface area contributed by atoms with Crippen molar-refractivity contribution in [3.63, 3.8) is 0 Å². The molecule has 10 nitrogen and oxygen atoms in total. The third kappa shape index (κ3) is 12.8. The van der Waals surface area contributed by atoms with Gasteiger partial charge in [-0.15, -0.1) is 0 Å². The molecule has 2 aromatic heterocycles. The molecule has 0 aromatic carbocycles. The number of anilines is 4. The van der Waals surface area contributed by atoms with Crippen LogP contribution in [0.25, 0.3) is 0 Å². The molecule has 0 unspecified atom stereocenters. The van der Waals surface area contributed by atoms with Crippen LogP contribution in [0.1, 0.15) is 94.3 Å². The number of pyridine rings is 1. The van der Waals surface area contributed by atoms with E-state index in [0.717, 1.165) is 11.4 Å². The monoisotopic (exact) mass is 644 g/mol. The molecule has 0 bridgehead atoms. The van der Waals surface area contributed by atoms with Gasteiger partial charge in [0.1, 0.15) is 17.2 Å². The fourth-order valence-electron chi connectivity index (χ4n) is 4.26. The van der Waals surface area contributed by atoms with E-state index >= 15 is 0 Å². The minimum atomic E-state index is -0.559. The molecule has 3 heterocycles. The molecule has 2 aromatic rings. The highest BCUT2D eigenvalue weighted by atomic mass is 19.1. The van der Waals surface area contributed by atoms with Crippen LogP contribution in [0.3, 0.4) is 0 Å². The van der Waals surface area contributed by atoms with Crippen molar-refractivity contribution in [1.82, 2.24) is 24.8 Å². The van der Waals surface area contributed by atoms with Gasteiger partial charge in [0.15, 0.2) is 5.82 Å². The maximum Gasteiger partial charge on any atom is 0.410 e. The van der Waals surface area contributed by atoms with E-state index in [2.05, 4.69) is 32.1 Å². The van der Waals surface area contributed by atoms with Gasteiger partial charge in [0.2, 0.25) is 5.95 Å². The molecule has 2 N–H and O–H groups in total. The number of carbonyl (C=O) groups is 1. The maximum atomic E-state index is 14.4. The largest absolute Gasteiger partial charge is 0.444 e. The van der Waals surface area contributed by atoms with E-state index in [1.807, 2.05) is 108 Å². The second-order valence-electron chi connectivity index (χ2n) is 11.3. The van der Waals surface area contributed by atoms with Crippen LogP contribution in [0.15, 0.2) is 36.3 Å². The Labute approximate surface area is 278 Å². The number of nitrogens with one attached hydrogen (secondary N) is 2. The van der Waals surface area contributed by atoms with E-state index in [1.165, 1.54) is 0 Å². The average molecular weight is 645 g/mol. The number of amides is 1. The first-order valence-corrected chi connectivity index (χ1v) is 16.5. The first-order valence-electron chi connectivity index (χ1n) is 16.5. The van der Waals surface area contributed by atoms with Gasteiger partial charge in [-0.3, -0.25) is 0 Å². The molecule has 0 saturated carbocycles. The van der Waals surface area contributed by atoms with Gasteiger partial charge in [-0.2, -0.15) is 4.98 Å². The van der Waals surface area contributed by atoms with Crippen molar-refractivity contribution in [3.8, 4) is 0 Å². The molecule has 1 aliphatic rings. The molecule has 1 atom stereocenters. The highest BCUT2D eigenvalue weighted by molar-refractivity contribution is 5.72. The molecule has 11 heteroatoms. The van der Waals surface area contributed by atoms with Crippen LogP contribution in [0.4, 0.5) is 32.5 Å². The summed E-state index contributed by atoms with van der Waals surface area (Å²) in [6.07, 6.45) is 3.89. The predicted octanol–water partition coefficient (Wildman–Crippen LogP) is 8.54. The summed E-state index contributed by atoms with van der Waals surface area (Å²) in [5, 5.41) is 6.45. The number of aryl methyl sites for hydroxylation is 2. The van der Waals surface area contributed by atoms with Crippen molar-refractivity contribution in [2.45, 2.75) is 108 Å². The first-order chi connectivity index (χ1) is 21.7. The third-order valence-corrected chi connectivity index (χ3v) is 6.55. The molecule has 0 radical (unpaired) electrons. The fourth-order valence-corrected chi connectivity index (χ4v) is 4.26. The number of carbonyl (C=O) groups excluding carboxylic acids is 1. The van der Waals surface area contributed by atoms with Crippen LogP contribution in [0, 0.1) is 12.7 Å². The average Bonchev–Trinajstić information content (AvgIpc) is 3.01. The molecule has 46 heavy (non-hydrogen) atoms. The molecule has 0 aliphatic carbocycles. The molecule has 3 rings (SSSR count). The van der Waals surface area contributed by atoms with E-state index in [1.54, 1.807) is 24.1 Å². The van der Waals surface area contributed by atoms with Gasteiger partial charge >= 0.3 is 6.09 Å². The van der Waals surface area contributed by atoms with E-state index < -0.39 is 5.60 Å². The van der Waals surface area contributed by atoms with Crippen LogP contribution >= 0.6 is 0 Å². The number of hydrogen-bond donors (Lipinski definition) is 2. The summed E-state index contributed by atoms with van der Waals surface area (Å²) in [7, 11) is 3.93. The predicted molar refractivity (Wildman–Crippen MR) is 192 cm³/mol. The number of nitrogens with zero attached hydrogens (tertiary/aromatic N) is 6. The van der Waals surface area contributed by atoms with Crippen molar-refractivity contribution in [3.05, 3.63) is 53.4 Å². The Morgan fingerprint density at radius 1 is 1.15 bits per heavy atom. The van der Waals surface area contributed by atoms with Crippen molar-refractivity contribution in [2.24, 2.45) is 0 Å². The summed E-state index contributed by atoms with van der Waals surface area (Å²) >= 11 is 0. The third-order valence-electron chi connectivity index (χ3n) is 6.55. The maximum absolute atomic E-state index is 14.4. The highest BCUT2D eigenvalue weighted by Gasteiger charge is 2.32. The number of ether oxygens (including phenoxy) is 1. The summed E-state index contributed by atoms with van der Waals surface area (Å²) < 4.78 is 19.9. The Morgan fingerprint density at radius 3 is 2.28 bits per heavy atom. The number of aromatic nitrogens is 3. The lowest BCUT2D eigenvalue weighted by molar-refractivity contribution is 0.0159. The number of piperazine rings is 1. The Bertz CT molecular complexity index is 1270. The Morgan fingerprint density at radius 2 is 1.76 bits per heavy atom. The van der Waals surface area contributed by atoms with Crippen LogP contribution < -0.4 is 15.5 Å². The van der Waals surface area contributed by atoms with Gasteiger partial charge in [-0.05, 0) is 65.7 Å². The Kier molecular flexibility index (Phi) is 18.6. The molecule has 0 spiro atoms. The minimum Gasteiger partial charge on any atom is -0.444 e. The van der Waals surface area contributed by atoms with E-state index in [9.17, 15) is 9.18 Å². The van der Waals surface area contributed by atoms with Crippen LogP contribution in [-0.4, -0.2) is 76.2 Å². The normalized spacial score (nSPS) is 14.3. The van der Waals surface area contributed by atoms with Crippen molar-refractivity contribution in [1.29, 1.82) is 0 Å². The smallest absolute Gasteiger partial charge is 0.410 e. The molecular weight excluding hydrogens is 583 g/mol. The van der Waals surface area contributed by atoms with E-state index in [0.29, 0.717) is 60.6 Å². The van der Waals surface area contributed by atoms with Gasteiger partial charge in [0.05, 0.1) is 17.6 Å². The zero-order chi connectivity index (χ0) is 35.8. The lowest BCUT2D eigenvalue weighted by Gasteiger charge is -2.41. The second kappa shape index (κ2) is 20.3. The standard InChI is InChI=1S/C29H43FN8O2.3C2H6/c1-11-22-15-24(33-21(5)25(22)30)34-27-31-16-23(26(35-27)32-18(2)14-19(3)36(9)10)37-12-13-38(20(4)17-37)28(39)40-29(6,7)8;3*1-2/h14-16,20H,2,11-13,17H2,1,3-10H3,(H2,31,32,33,34,35);3*1-2H3/b19-14-;;;/t20-;;;/m1.../s1. The quantitative estimate of drug-likeness (QED) is 0.274. The summed E-state index contributed by atoms with van der Waals surface area (Å²) in [5.74, 6) is 1.04. The van der Waals surface area contributed by atoms with E-state index in [4.69, 9.17) is 9.72 Å². The van der Waals surface area contributed by atoms with Gasteiger partial charge in [0, 0.05) is 51.2 Å². The SMILES string of the molecule is C=C(/C=C(/C)N(C)C)Nc1nc(Nc2cc(CC)c(F)c(C)n2)ncc1N1CCN(C(=O)OC(C)(C)C)[C@H](C)C1.CC.CC.CC. The van der Waals surface area contributed by atoms with E-state index in [-0.39, 0.29) is 18.0 Å². The van der Waals surface area contributed by atoms with Crippen LogP contribution in [0.5, 0.6) is 0 Å². The number of rotatable bonds is 8. The molecule has 1 fully saturated rings. The minimum absolute atomic E-state index is 0.0906.